The quantitative estimate of drug-likeness (QED) is 0.802. The highest BCUT2D eigenvalue weighted by atomic mass is 16.2. The molecule has 1 N–H and O–H groups in total. The standard InChI is InChI=1S/C20H32N2O2/c1-15(16-7-3-2-4-8-16)21-19(23)17-11-13-22(14-12-17)20(24)18-9-5-6-10-18/h7,15,17-18H,2-6,8-14H2,1H3,(H,21,23)/t15-/m0/s1. The number of nitrogens with zero attached hydrogens (tertiary/aromatic N) is 1. The number of piperidine rings is 1. The molecular weight excluding hydrogens is 300 g/mol. The fourth-order valence-corrected chi connectivity index (χ4v) is 4.47. The molecule has 1 aliphatic heterocycles. The maximum absolute atomic E-state index is 12.5. The highest BCUT2D eigenvalue weighted by Gasteiger charge is 2.32. The van der Waals surface area contributed by atoms with E-state index in [9.17, 15) is 9.59 Å². The Labute approximate surface area is 146 Å². The Bertz CT molecular complexity index is 486. The molecule has 24 heavy (non-hydrogen) atoms. The van der Waals surface area contributed by atoms with E-state index in [0.29, 0.717) is 5.91 Å². The molecular formula is C20H32N2O2. The summed E-state index contributed by atoms with van der Waals surface area (Å²) in [6, 6.07) is 0.163. The third kappa shape index (κ3) is 4.20. The van der Waals surface area contributed by atoms with E-state index in [1.54, 1.807) is 0 Å². The zero-order chi connectivity index (χ0) is 16.9. The van der Waals surface area contributed by atoms with Gasteiger partial charge in [0.1, 0.15) is 0 Å². The van der Waals surface area contributed by atoms with Gasteiger partial charge in [0.25, 0.3) is 0 Å². The smallest absolute Gasteiger partial charge is 0.225 e. The van der Waals surface area contributed by atoms with Crippen LogP contribution < -0.4 is 5.32 Å². The molecule has 0 aromatic carbocycles. The molecule has 0 aromatic heterocycles. The molecule has 0 bridgehead atoms. The van der Waals surface area contributed by atoms with Crippen molar-refractivity contribution in [3.05, 3.63) is 11.6 Å². The Morgan fingerprint density at radius 1 is 1.04 bits per heavy atom. The van der Waals surface area contributed by atoms with Crippen LogP contribution in [-0.4, -0.2) is 35.8 Å². The molecule has 1 atom stereocenters. The van der Waals surface area contributed by atoms with Crippen LogP contribution >= 0.6 is 0 Å². The monoisotopic (exact) mass is 332 g/mol. The zero-order valence-corrected chi connectivity index (χ0v) is 15.1. The van der Waals surface area contributed by atoms with Crippen molar-refractivity contribution in [2.45, 2.75) is 77.2 Å². The lowest BCUT2D eigenvalue weighted by Crippen LogP contribution is -2.46. The molecule has 1 heterocycles. The first-order valence-corrected chi connectivity index (χ1v) is 9.93. The predicted molar refractivity (Wildman–Crippen MR) is 95.4 cm³/mol. The number of amides is 2. The lowest BCUT2D eigenvalue weighted by molar-refractivity contribution is -0.139. The van der Waals surface area contributed by atoms with Gasteiger partial charge in [0, 0.05) is 31.0 Å². The van der Waals surface area contributed by atoms with Crippen molar-refractivity contribution in [1.29, 1.82) is 0 Å². The first-order chi connectivity index (χ1) is 11.6. The number of allylic oxidation sites excluding steroid dienone is 1. The molecule has 4 nitrogen and oxygen atoms in total. The molecule has 3 aliphatic rings. The van der Waals surface area contributed by atoms with Crippen LogP contribution in [-0.2, 0) is 9.59 Å². The lowest BCUT2D eigenvalue weighted by atomic mass is 9.92. The summed E-state index contributed by atoms with van der Waals surface area (Å²) < 4.78 is 0. The summed E-state index contributed by atoms with van der Waals surface area (Å²) >= 11 is 0. The topological polar surface area (TPSA) is 49.4 Å². The average molecular weight is 332 g/mol. The summed E-state index contributed by atoms with van der Waals surface area (Å²) in [6.45, 7) is 3.61. The summed E-state index contributed by atoms with van der Waals surface area (Å²) in [6.07, 6.45) is 13.2. The van der Waals surface area contributed by atoms with E-state index in [1.165, 1.54) is 31.3 Å². The van der Waals surface area contributed by atoms with Crippen molar-refractivity contribution in [2.75, 3.05) is 13.1 Å². The molecule has 4 heteroatoms. The molecule has 1 saturated heterocycles. The van der Waals surface area contributed by atoms with Crippen LogP contribution in [0.5, 0.6) is 0 Å². The van der Waals surface area contributed by atoms with Crippen molar-refractivity contribution in [2.24, 2.45) is 11.8 Å². The molecule has 134 valence electrons. The Balaban J connectivity index is 1.44. The first kappa shape index (κ1) is 17.5. The highest BCUT2D eigenvalue weighted by molar-refractivity contribution is 5.81. The van der Waals surface area contributed by atoms with Crippen molar-refractivity contribution in [3.8, 4) is 0 Å². The van der Waals surface area contributed by atoms with Gasteiger partial charge in [-0.2, -0.15) is 0 Å². The van der Waals surface area contributed by atoms with Crippen LogP contribution in [0.4, 0.5) is 0 Å². The van der Waals surface area contributed by atoms with Crippen LogP contribution in [0.3, 0.4) is 0 Å². The summed E-state index contributed by atoms with van der Waals surface area (Å²) in [5, 5.41) is 3.21. The molecule has 1 saturated carbocycles. The highest BCUT2D eigenvalue weighted by Crippen LogP contribution is 2.28. The number of carbonyl (C=O) groups is 2. The lowest BCUT2D eigenvalue weighted by Gasteiger charge is -2.33. The summed E-state index contributed by atoms with van der Waals surface area (Å²) in [4.78, 5) is 27.0. The number of nitrogens with one attached hydrogen (secondary N) is 1. The Morgan fingerprint density at radius 3 is 2.38 bits per heavy atom. The molecule has 2 fully saturated rings. The van der Waals surface area contributed by atoms with E-state index in [4.69, 9.17) is 0 Å². The van der Waals surface area contributed by atoms with Crippen LogP contribution in [0.15, 0.2) is 11.6 Å². The Morgan fingerprint density at radius 2 is 1.75 bits per heavy atom. The van der Waals surface area contributed by atoms with E-state index in [0.717, 1.165) is 51.6 Å². The zero-order valence-electron chi connectivity index (χ0n) is 15.1. The molecule has 3 rings (SSSR count). The van der Waals surface area contributed by atoms with Crippen molar-refractivity contribution >= 4 is 11.8 Å². The maximum Gasteiger partial charge on any atom is 0.225 e. The van der Waals surface area contributed by atoms with Crippen molar-refractivity contribution < 1.29 is 9.59 Å². The van der Waals surface area contributed by atoms with Gasteiger partial charge in [-0.3, -0.25) is 9.59 Å². The van der Waals surface area contributed by atoms with Gasteiger partial charge in [-0.1, -0.05) is 24.5 Å². The molecule has 2 amide bonds. The molecule has 0 aromatic rings. The van der Waals surface area contributed by atoms with E-state index >= 15 is 0 Å². The fourth-order valence-electron chi connectivity index (χ4n) is 4.47. The van der Waals surface area contributed by atoms with Crippen LogP contribution in [0.2, 0.25) is 0 Å². The van der Waals surface area contributed by atoms with Gasteiger partial charge in [-0.15, -0.1) is 0 Å². The number of hydrogen-bond donors (Lipinski definition) is 1. The van der Waals surface area contributed by atoms with Gasteiger partial charge < -0.3 is 10.2 Å². The van der Waals surface area contributed by atoms with Crippen LogP contribution in [0, 0.1) is 11.8 Å². The fraction of sp³-hybridized carbons (Fsp3) is 0.800. The number of hydrogen-bond acceptors (Lipinski definition) is 2. The van der Waals surface area contributed by atoms with Gasteiger partial charge in [-0.25, -0.2) is 0 Å². The second-order valence-electron chi connectivity index (χ2n) is 7.84. The average Bonchev–Trinajstić information content (AvgIpc) is 3.16. The minimum Gasteiger partial charge on any atom is -0.350 e. The van der Waals surface area contributed by atoms with Gasteiger partial charge in [0.2, 0.25) is 11.8 Å². The second kappa shape index (κ2) is 8.17. The Kier molecular flexibility index (Phi) is 5.96. The van der Waals surface area contributed by atoms with Gasteiger partial charge in [-0.05, 0) is 58.3 Å². The van der Waals surface area contributed by atoms with Crippen LogP contribution in [0.25, 0.3) is 0 Å². The first-order valence-electron chi connectivity index (χ1n) is 9.93. The minimum atomic E-state index is 0.0734. The van der Waals surface area contributed by atoms with Gasteiger partial charge in [0.05, 0.1) is 0 Å². The summed E-state index contributed by atoms with van der Waals surface area (Å²) in [7, 11) is 0. The molecule has 0 spiro atoms. The third-order valence-corrected chi connectivity index (χ3v) is 6.12. The second-order valence-corrected chi connectivity index (χ2v) is 7.84. The number of likely N-dealkylation sites (tertiary alicyclic amines) is 1. The number of rotatable bonds is 4. The molecule has 0 radical (unpaired) electrons. The van der Waals surface area contributed by atoms with Crippen molar-refractivity contribution in [3.63, 3.8) is 0 Å². The largest absolute Gasteiger partial charge is 0.350 e. The van der Waals surface area contributed by atoms with E-state index in [1.807, 2.05) is 4.90 Å². The molecule has 2 aliphatic carbocycles. The SMILES string of the molecule is C[C@H](NC(=O)C1CCN(C(=O)C2CCCC2)CC1)C1=CCCCC1. The maximum atomic E-state index is 12.5. The summed E-state index contributed by atoms with van der Waals surface area (Å²) in [5.74, 6) is 0.854. The Hall–Kier alpha value is -1.32. The third-order valence-electron chi connectivity index (χ3n) is 6.12. The van der Waals surface area contributed by atoms with Crippen molar-refractivity contribution in [1.82, 2.24) is 10.2 Å². The van der Waals surface area contributed by atoms with Gasteiger partial charge >= 0.3 is 0 Å². The predicted octanol–water partition coefficient (Wildman–Crippen LogP) is 3.42. The van der Waals surface area contributed by atoms with E-state index in [2.05, 4.69) is 18.3 Å². The van der Waals surface area contributed by atoms with Gasteiger partial charge in [0.15, 0.2) is 0 Å². The van der Waals surface area contributed by atoms with E-state index in [-0.39, 0.29) is 23.8 Å². The summed E-state index contributed by atoms with van der Waals surface area (Å²) in [5.41, 5.74) is 1.39. The number of carbonyl (C=O) groups excluding carboxylic acids is 2. The minimum absolute atomic E-state index is 0.0734. The van der Waals surface area contributed by atoms with Crippen LogP contribution in [0.1, 0.15) is 71.1 Å². The normalized spacial score (nSPS) is 24.5. The van der Waals surface area contributed by atoms with E-state index < -0.39 is 0 Å². The molecule has 0 unspecified atom stereocenters.